The topological polar surface area (TPSA) is 60.8 Å². The second kappa shape index (κ2) is 8.12. The SMILES string of the molecule is CC#CCC(CCCO)C(=O)N1CCC[C@H]1CO. The van der Waals surface area contributed by atoms with Crippen molar-refractivity contribution in [1.29, 1.82) is 0 Å². The predicted molar refractivity (Wildman–Crippen MR) is 69.7 cm³/mol. The lowest BCUT2D eigenvalue weighted by molar-refractivity contribution is -0.137. The molecule has 2 atom stereocenters. The number of aliphatic hydroxyl groups is 2. The molecule has 1 heterocycles. The minimum absolute atomic E-state index is 0.0243. The Kier molecular flexibility index (Phi) is 6.77. The summed E-state index contributed by atoms with van der Waals surface area (Å²) in [6.07, 6.45) is 3.68. The molecule has 0 radical (unpaired) electrons. The molecule has 1 fully saturated rings. The molecule has 1 aliphatic rings. The number of hydrogen-bond acceptors (Lipinski definition) is 3. The van der Waals surface area contributed by atoms with Crippen LogP contribution in [-0.2, 0) is 4.79 Å². The molecule has 2 N–H and O–H groups in total. The summed E-state index contributed by atoms with van der Waals surface area (Å²) in [4.78, 5) is 14.2. The molecule has 1 saturated heterocycles. The molecular weight excluding hydrogens is 230 g/mol. The highest BCUT2D eigenvalue weighted by atomic mass is 16.3. The van der Waals surface area contributed by atoms with Crippen molar-refractivity contribution in [2.45, 2.75) is 45.1 Å². The zero-order chi connectivity index (χ0) is 13.4. The van der Waals surface area contributed by atoms with Gasteiger partial charge >= 0.3 is 0 Å². The lowest BCUT2D eigenvalue weighted by Gasteiger charge is -2.27. The van der Waals surface area contributed by atoms with Crippen LogP contribution in [0.5, 0.6) is 0 Å². The summed E-state index contributed by atoms with van der Waals surface area (Å²) < 4.78 is 0. The number of hydrogen-bond donors (Lipinski definition) is 2. The highest BCUT2D eigenvalue weighted by Gasteiger charge is 2.31. The average Bonchev–Trinajstić information content (AvgIpc) is 2.86. The zero-order valence-electron chi connectivity index (χ0n) is 11.1. The van der Waals surface area contributed by atoms with Crippen LogP contribution in [0.25, 0.3) is 0 Å². The van der Waals surface area contributed by atoms with Gasteiger partial charge in [0.15, 0.2) is 0 Å². The minimum Gasteiger partial charge on any atom is -0.396 e. The molecule has 0 aromatic heterocycles. The van der Waals surface area contributed by atoms with Crippen molar-refractivity contribution in [3.8, 4) is 11.8 Å². The van der Waals surface area contributed by atoms with Gasteiger partial charge in [0.05, 0.1) is 12.6 Å². The number of carbonyl (C=O) groups excluding carboxylic acids is 1. The third-order valence-electron chi connectivity index (χ3n) is 3.46. The van der Waals surface area contributed by atoms with E-state index in [1.54, 1.807) is 11.8 Å². The van der Waals surface area contributed by atoms with Crippen LogP contribution < -0.4 is 0 Å². The van der Waals surface area contributed by atoms with Gasteiger partial charge in [-0.3, -0.25) is 4.79 Å². The summed E-state index contributed by atoms with van der Waals surface area (Å²) >= 11 is 0. The third kappa shape index (κ3) is 4.01. The van der Waals surface area contributed by atoms with Crippen LogP contribution in [0.3, 0.4) is 0 Å². The van der Waals surface area contributed by atoms with E-state index >= 15 is 0 Å². The maximum atomic E-state index is 12.4. The Morgan fingerprint density at radius 3 is 2.89 bits per heavy atom. The Bertz CT molecular complexity index is 319. The van der Waals surface area contributed by atoms with Crippen molar-refractivity contribution in [3.05, 3.63) is 0 Å². The molecule has 1 aliphatic heterocycles. The van der Waals surface area contributed by atoms with Gasteiger partial charge in [0.1, 0.15) is 0 Å². The summed E-state index contributed by atoms with van der Waals surface area (Å²) in [6.45, 7) is 2.64. The van der Waals surface area contributed by atoms with Gasteiger partial charge in [-0.15, -0.1) is 11.8 Å². The van der Waals surface area contributed by atoms with E-state index in [2.05, 4.69) is 11.8 Å². The molecule has 0 aromatic rings. The zero-order valence-corrected chi connectivity index (χ0v) is 11.1. The summed E-state index contributed by atoms with van der Waals surface area (Å²) in [5.74, 6) is 5.71. The van der Waals surface area contributed by atoms with E-state index < -0.39 is 0 Å². The van der Waals surface area contributed by atoms with Gasteiger partial charge in [0.2, 0.25) is 5.91 Å². The Balaban J connectivity index is 2.63. The van der Waals surface area contributed by atoms with Crippen LogP contribution in [0.15, 0.2) is 0 Å². The van der Waals surface area contributed by atoms with Gasteiger partial charge in [-0.05, 0) is 32.6 Å². The lowest BCUT2D eigenvalue weighted by atomic mass is 9.97. The van der Waals surface area contributed by atoms with Gasteiger partial charge in [-0.25, -0.2) is 0 Å². The number of nitrogens with zero attached hydrogens (tertiary/aromatic N) is 1. The Morgan fingerprint density at radius 1 is 1.50 bits per heavy atom. The average molecular weight is 253 g/mol. The highest BCUT2D eigenvalue weighted by molar-refractivity contribution is 5.79. The van der Waals surface area contributed by atoms with E-state index in [0.717, 1.165) is 19.4 Å². The fraction of sp³-hybridized carbons (Fsp3) is 0.786. The molecule has 1 rings (SSSR count). The number of likely N-dealkylation sites (tertiary alicyclic amines) is 1. The molecule has 18 heavy (non-hydrogen) atoms. The van der Waals surface area contributed by atoms with Gasteiger partial charge in [-0.1, -0.05) is 0 Å². The highest BCUT2D eigenvalue weighted by Crippen LogP contribution is 2.22. The molecule has 0 spiro atoms. The maximum absolute atomic E-state index is 12.4. The standard InChI is InChI=1S/C14H23NO3/c1-2-3-6-12(7-5-10-16)14(18)15-9-4-8-13(15)11-17/h12-13,16-17H,4-11H2,1H3/t12?,13-/m0/s1. The van der Waals surface area contributed by atoms with Gasteiger partial charge in [-0.2, -0.15) is 0 Å². The van der Waals surface area contributed by atoms with Gasteiger partial charge in [0.25, 0.3) is 0 Å². The van der Waals surface area contributed by atoms with Gasteiger partial charge in [0, 0.05) is 25.5 Å². The van der Waals surface area contributed by atoms with E-state index in [4.69, 9.17) is 5.11 Å². The molecular formula is C14H23NO3. The van der Waals surface area contributed by atoms with Crippen LogP contribution >= 0.6 is 0 Å². The fourth-order valence-electron chi connectivity index (χ4n) is 2.43. The van der Waals surface area contributed by atoms with Crippen molar-refractivity contribution in [3.63, 3.8) is 0 Å². The first-order valence-electron chi connectivity index (χ1n) is 6.66. The smallest absolute Gasteiger partial charge is 0.226 e. The predicted octanol–water partition coefficient (Wildman–Crippen LogP) is 0.772. The largest absolute Gasteiger partial charge is 0.396 e. The second-order valence-corrected chi connectivity index (χ2v) is 4.70. The van der Waals surface area contributed by atoms with Gasteiger partial charge < -0.3 is 15.1 Å². The molecule has 4 heteroatoms. The first kappa shape index (κ1) is 15.0. The van der Waals surface area contributed by atoms with Crippen molar-refractivity contribution in [2.24, 2.45) is 5.92 Å². The van der Waals surface area contributed by atoms with E-state index in [1.807, 2.05) is 0 Å². The molecule has 0 saturated carbocycles. The minimum atomic E-state index is -0.142. The summed E-state index contributed by atoms with van der Waals surface area (Å²) in [7, 11) is 0. The summed E-state index contributed by atoms with van der Waals surface area (Å²) in [6, 6.07) is -0.0243. The van der Waals surface area contributed by atoms with Crippen molar-refractivity contribution in [1.82, 2.24) is 4.90 Å². The Labute approximate surface area is 109 Å². The molecule has 1 amide bonds. The number of rotatable bonds is 6. The fourth-order valence-corrected chi connectivity index (χ4v) is 2.43. The molecule has 0 aliphatic carbocycles. The van der Waals surface area contributed by atoms with Crippen molar-refractivity contribution >= 4 is 5.91 Å². The quantitative estimate of drug-likeness (QED) is 0.687. The second-order valence-electron chi connectivity index (χ2n) is 4.70. The number of carbonyl (C=O) groups is 1. The normalized spacial score (nSPS) is 20.4. The molecule has 102 valence electrons. The molecule has 0 bridgehead atoms. The van der Waals surface area contributed by atoms with Crippen molar-refractivity contribution < 1.29 is 15.0 Å². The first-order chi connectivity index (χ1) is 8.74. The van der Waals surface area contributed by atoms with E-state index in [9.17, 15) is 9.90 Å². The van der Waals surface area contributed by atoms with Crippen LogP contribution in [0.2, 0.25) is 0 Å². The number of aliphatic hydroxyl groups excluding tert-OH is 2. The van der Waals surface area contributed by atoms with Crippen LogP contribution in [-0.4, -0.2) is 46.8 Å². The Morgan fingerprint density at radius 2 is 2.28 bits per heavy atom. The number of amides is 1. The molecule has 4 nitrogen and oxygen atoms in total. The maximum Gasteiger partial charge on any atom is 0.226 e. The van der Waals surface area contributed by atoms with Crippen LogP contribution in [0.4, 0.5) is 0 Å². The summed E-state index contributed by atoms with van der Waals surface area (Å²) in [5.41, 5.74) is 0. The van der Waals surface area contributed by atoms with E-state index in [0.29, 0.717) is 19.3 Å². The van der Waals surface area contributed by atoms with E-state index in [1.165, 1.54) is 0 Å². The molecule has 0 aromatic carbocycles. The monoisotopic (exact) mass is 253 g/mol. The summed E-state index contributed by atoms with van der Waals surface area (Å²) in [5, 5.41) is 18.1. The van der Waals surface area contributed by atoms with Crippen molar-refractivity contribution in [2.75, 3.05) is 19.8 Å². The van der Waals surface area contributed by atoms with Crippen LogP contribution in [0.1, 0.15) is 39.0 Å². The van der Waals surface area contributed by atoms with E-state index in [-0.39, 0.29) is 31.1 Å². The third-order valence-corrected chi connectivity index (χ3v) is 3.46. The Hall–Kier alpha value is -1.05. The lowest BCUT2D eigenvalue weighted by Crippen LogP contribution is -2.41. The van der Waals surface area contributed by atoms with Crippen LogP contribution in [0, 0.1) is 17.8 Å². The first-order valence-corrected chi connectivity index (χ1v) is 6.66. The molecule has 1 unspecified atom stereocenters.